The van der Waals surface area contributed by atoms with Crippen molar-refractivity contribution in [1.82, 2.24) is 19.8 Å². The number of likely N-dealkylation sites (tertiary alicyclic amines) is 2. The average molecular weight is 586 g/mol. The van der Waals surface area contributed by atoms with Gasteiger partial charge in [-0.15, -0.1) is 0 Å². The molecule has 0 aliphatic carbocycles. The largest absolute Gasteiger partial charge is 0.488 e. The zero-order valence-electron chi connectivity index (χ0n) is 23.8. The summed E-state index contributed by atoms with van der Waals surface area (Å²) in [5.74, 6) is 1.02. The highest BCUT2D eigenvalue weighted by molar-refractivity contribution is 6.31. The number of hydrogen-bond acceptors (Lipinski definition) is 8. The van der Waals surface area contributed by atoms with Gasteiger partial charge in [-0.2, -0.15) is 0 Å². The van der Waals surface area contributed by atoms with Crippen LogP contribution >= 0.6 is 11.6 Å². The number of fused-ring (bicyclic) bond motifs is 1. The second-order valence-corrected chi connectivity index (χ2v) is 11.9. The molecule has 0 spiro atoms. The monoisotopic (exact) mass is 585 g/mol. The van der Waals surface area contributed by atoms with Crippen molar-refractivity contribution >= 4 is 40.1 Å². The standard InChI is InChI=1S/C30H37ClFN5O4/c1-30(2,3)41-29(38)37-13-9-20(10-14-37)40-26-18-24-21(17-25(26)39-16-15-36-11-4-5-12-36)28(34-19-33-24)35-23-8-6-7-22(31)27(23)32/h6-8,17-20H,4-5,9-16H2,1-3H3,(H,33,34,35). The Morgan fingerprint density at radius 1 is 1.10 bits per heavy atom. The van der Waals surface area contributed by atoms with Gasteiger partial charge in [0.25, 0.3) is 0 Å². The third-order valence-corrected chi connectivity index (χ3v) is 7.45. The molecule has 1 N–H and O–H groups in total. The van der Waals surface area contributed by atoms with Gasteiger partial charge in [-0.1, -0.05) is 17.7 Å². The Balaban J connectivity index is 1.36. The number of nitrogens with zero attached hydrogens (tertiary/aromatic N) is 4. The molecule has 0 saturated carbocycles. The lowest BCUT2D eigenvalue weighted by Gasteiger charge is -2.33. The van der Waals surface area contributed by atoms with Crippen molar-refractivity contribution in [2.45, 2.75) is 58.2 Å². The van der Waals surface area contributed by atoms with Crippen LogP contribution in [0.4, 0.5) is 20.7 Å². The van der Waals surface area contributed by atoms with E-state index in [1.54, 1.807) is 17.0 Å². The fraction of sp³-hybridized carbons (Fsp3) is 0.500. The van der Waals surface area contributed by atoms with Crippen LogP contribution in [0.5, 0.6) is 11.5 Å². The minimum Gasteiger partial charge on any atom is -0.488 e. The molecule has 1 amide bonds. The van der Waals surface area contributed by atoms with Gasteiger partial charge in [-0.3, -0.25) is 4.90 Å². The van der Waals surface area contributed by atoms with Crippen molar-refractivity contribution in [3.63, 3.8) is 0 Å². The average Bonchev–Trinajstić information content (AvgIpc) is 3.45. The van der Waals surface area contributed by atoms with Gasteiger partial charge < -0.3 is 24.4 Å². The summed E-state index contributed by atoms with van der Waals surface area (Å²) in [5, 5.41) is 3.74. The number of carbonyl (C=O) groups excluding carboxylic acids is 1. The summed E-state index contributed by atoms with van der Waals surface area (Å²) in [6.07, 6.45) is 4.75. The molecule has 0 atom stereocenters. The van der Waals surface area contributed by atoms with Crippen LogP contribution in [0.15, 0.2) is 36.7 Å². The van der Waals surface area contributed by atoms with E-state index in [-0.39, 0.29) is 22.9 Å². The lowest BCUT2D eigenvalue weighted by atomic mass is 10.1. The number of nitrogens with one attached hydrogen (secondary N) is 1. The van der Waals surface area contributed by atoms with E-state index < -0.39 is 11.4 Å². The maximum Gasteiger partial charge on any atom is 0.410 e. The predicted octanol–water partition coefficient (Wildman–Crippen LogP) is 6.42. The molecule has 2 aliphatic heterocycles. The summed E-state index contributed by atoms with van der Waals surface area (Å²) in [6.45, 7) is 10.1. The van der Waals surface area contributed by atoms with Crippen molar-refractivity contribution in [1.29, 1.82) is 0 Å². The summed E-state index contributed by atoms with van der Waals surface area (Å²) in [5.41, 5.74) is 0.300. The molecule has 3 heterocycles. The summed E-state index contributed by atoms with van der Waals surface area (Å²) in [4.78, 5) is 25.4. The molecule has 0 bridgehead atoms. The maximum atomic E-state index is 14.6. The SMILES string of the molecule is CC(C)(C)OC(=O)N1CCC(Oc2cc3ncnc(Nc4cccc(Cl)c4F)c3cc2OCCN2CCCC2)CC1. The molecule has 5 rings (SSSR count). The van der Waals surface area contributed by atoms with Crippen molar-refractivity contribution in [2.24, 2.45) is 0 Å². The number of halogens is 2. The smallest absolute Gasteiger partial charge is 0.410 e. The number of carbonyl (C=O) groups is 1. The van der Waals surface area contributed by atoms with Gasteiger partial charge in [-0.25, -0.2) is 19.2 Å². The zero-order valence-corrected chi connectivity index (χ0v) is 24.5. The third-order valence-electron chi connectivity index (χ3n) is 7.16. The van der Waals surface area contributed by atoms with Crippen LogP contribution in [-0.4, -0.2) is 76.9 Å². The number of amides is 1. The first-order valence-corrected chi connectivity index (χ1v) is 14.5. The Morgan fingerprint density at radius 3 is 2.59 bits per heavy atom. The van der Waals surface area contributed by atoms with Gasteiger partial charge in [0, 0.05) is 43.9 Å². The quantitative estimate of drug-likeness (QED) is 0.324. The Bertz CT molecular complexity index is 1370. The van der Waals surface area contributed by atoms with Gasteiger partial charge in [0.2, 0.25) is 0 Å². The number of rotatable bonds is 8. The highest BCUT2D eigenvalue weighted by atomic mass is 35.5. The van der Waals surface area contributed by atoms with E-state index in [9.17, 15) is 9.18 Å². The fourth-order valence-corrected chi connectivity index (χ4v) is 5.22. The number of piperidine rings is 1. The Morgan fingerprint density at radius 2 is 1.85 bits per heavy atom. The molecule has 9 nitrogen and oxygen atoms in total. The number of aromatic nitrogens is 2. The van der Waals surface area contributed by atoms with Crippen LogP contribution in [-0.2, 0) is 4.74 Å². The van der Waals surface area contributed by atoms with Crippen LogP contribution < -0.4 is 14.8 Å². The van der Waals surface area contributed by atoms with Gasteiger partial charge in [-0.05, 0) is 64.9 Å². The van der Waals surface area contributed by atoms with Crippen LogP contribution in [0, 0.1) is 5.82 Å². The molecule has 11 heteroatoms. The summed E-state index contributed by atoms with van der Waals surface area (Å²) < 4.78 is 32.9. The molecule has 0 unspecified atom stereocenters. The Labute approximate surface area is 244 Å². The lowest BCUT2D eigenvalue weighted by molar-refractivity contribution is 0.0124. The molecule has 2 saturated heterocycles. The highest BCUT2D eigenvalue weighted by Gasteiger charge is 2.28. The van der Waals surface area contributed by atoms with Crippen LogP contribution in [0.3, 0.4) is 0 Å². The summed E-state index contributed by atoms with van der Waals surface area (Å²) in [7, 11) is 0. The van der Waals surface area contributed by atoms with Gasteiger partial charge in [0.1, 0.15) is 30.5 Å². The van der Waals surface area contributed by atoms with Crippen LogP contribution in [0.2, 0.25) is 5.02 Å². The summed E-state index contributed by atoms with van der Waals surface area (Å²) in [6, 6.07) is 8.44. The lowest BCUT2D eigenvalue weighted by Crippen LogP contribution is -2.44. The zero-order chi connectivity index (χ0) is 29.0. The van der Waals surface area contributed by atoms with E-state index in [1.165, 1.54) is 25.2 Å². The number of benzene rings is 2. The van der Waals surface area contributed by atoms with Crippen molar-refractivity contribution in [3.8, 4) is 11.5 Å². The van der Waals surface area contributed by atoms with E-state index in [2.05, 4.69) is 20.2 Å². The van der Waals surface area contributed by atoms with Gasteiger partial charge in [0.05, 0.1) is 16.2 Å². The molecule has 0 radical (unpaired) electrons. The highest BCUT2D eigenvalue weighted by Crippen LogP contribution is 2.37. The Kier molecular flexibility index (Phi) is 8.99. The second kappa shape index (κ2) is 12.7. The summed E-state index contributed by atoms with van der Waals surface area (Å²) >= 11 is 5.99. The van der Waals surface area contributed by atoms with E-state index in [4.69, 9.17) is 25.8 Å². The topological polar surface area (TPSA) is 89.0 Å². The maximum absolute atomic E-state index is 14.6. The minimum atomic E-state index is -0.555. The molecule has 2 aromatic carbocycles. The normalized spacial score (nSPS) is 16.7. The molecule has 2 fully saturated rings. The van der Waals surface area contributed by atoms with E-state index in [1.807, 2.05) is 32.9 Å². The molecular formula is C30H37ClFN5O4. The number of ether oxygens (including phenoxy) is 3. The fourth-order valence-electron chi connectivity index (χ4n) is 5.05. The van der Waals surface area contributed by atoms with E-state index in [0.717, 1.165) is 19.6 Å². The first kappa shape index (κ1) is 29.1. The molecular weight excluding hydrogens is 549 g/mol. The molecule has 2 aliphatic rings. The first-order valence-electron chi connectivity index (χ1n) is 14.2. The van der Waals surface area contributed by atoms with Crippen molar-refractivity contribution in [3.05, 3.63) is 47.5 Å². The van der Waals surface area contributed by atoms with E-state index >= 15 is 0 Å². The molecule has 1 aromatic heterocycles. The van der Waals surface area contributed by atoms with Crippen molar-refractivity contribution < 1.29 is 23.4 Å². The Hall–Kier alpha value is -3.37. The first-order chi connectivity index (χ1) is 19.7. The number of hydrogen-bond donors (Lipinski definition) is 1. The number of anilines is 2. The predicted molar refractivity (Wildman–Crippen MR) is 157 cm³/mol. The van der Waals surface area contributed by atoms with Crippen molar-refractivity contribution in [2.75, 3.05) is 44.6 Å². The second-order valence-electron chi connectivity index (χ2n) is 11.4. The molecule has 3 aromatic rings. The van der Waals surface area contributed by atoms with Crippen LogP contribution in [0.1, 0.15) is 46.5 Å². The molecule has 41 heavy (non-hydrogen) atoms. The molecule has 220 valence electrons. The minimum absolute atomic E-state index is 0.0210. The van der Waals surface area contributed by atoms with Gasteiger partial charge >= 0.3 is 6.09 Å². The van der Waals surface area contributed by atoms with Gasteiger partial charge in [0.15, 0.2) is 17.3 Å². The third kappa shape index (κ3) is 7.48. The van der Waals surface area contributed by atoms with E-state index in [0.29, 0.717) is 60.8 Å². The van der Waals surface area contributed by atoms with Crippen LogP contribution in [0.25, 0.3) is 10.9 Å².